The molecule has 15 nitrogen and oxygen atoms in total. The lowest BCUT2D eigenvalue weighted by Gasteiger charge is -2.45. The first kappa shape index (κ1) is 30.2. The average Bonchev–Trinajstić information content (AvgIpc) is 2.95. The molecule has 3 aliphatic rings. The Morgan fingerprint density at radius 1 is 0.833 bits per heavy atom. The predicted molar refractivity (Wildman–Crippen MR) is 136 cm³/mol. The van der Waals surface area contributed by atoms with Crippen molar-refractivity contribution in [3.8, 4) is 28.7 Å². The van der Waals surface area contributed by atoms with Gasteiger partial charge in [0.15, 0.2) is 29.7 Å². The van der Waals surface area contributed by atoms with E-state index in [0.717, 1.165) is 6.07 Å². The van der Waals surface area contributed by atoms with E-state index in [4.69, 9.17) is 23.7 Å². The van der Waals surface area contributed by atoms with Gasteiger partial charge in [-0.05, 0) is 24.6 Å². The van der Waals surface area contributed by atoms with Crippen LogP contribution in [-0.2, 0) is 14.2 Å². The van der Waals surface area contributed by atoms with E-state index in [1.807, 2.05) is 0 Å². The van der Waals surface area contributed by atoms with E-state index in [0.29, 0.717) is 5.56 Å². The molecule has 2 saturated heterocycles. The molecule has 0 amide bonds. The van der Waals surface area contributed by atoms with Crippen LogP contribution in [-0.4, -0.2) is 120 Å². The topological polar surface area (TPSA) is 245 Å². The number of aromatic hydroxyl groups is 3. The van der Waals surface area contributed by atoms with E-state index in [9.17, 15) is 50.8 Å². The summed E-state index contributed by atoms with van der Waals surface area (Å²) in [4.78, 5) is 12.9. The van der Waals surface area contributed by atoms with E-state index in [2.05, 4.69) is 0 Å². The minimum atomic E-state index is -1.77. The SMILES string of the molecule is C[C@@H]1O[C@@H](O[C@@H]2[C@@H](Oc3cc(O)c4c(c3)O[C@@H](c3ccc(O)c(O)c3)CC4=O)O[C@@H](CO)[C@H](O)[C@H]2O)[C@@H](O)[C@@H](O)[C@H]1O. The van der Waals surface area contributed by atoms with E-state index >= 15 is 0 Å². The highest BCUT2D eigenvalue weighted by molar-refractivity contribution is 6.02. The molecule has 0 aliphatic carbocycles. The number of hydrogen-bond donors (Lipinski definition) is 9. The van der Waals surface area contributed by atoms with Crippen molar-refractivity contribution in [3.63, 3.8) is 0 Å². The Balaban J connectivity index is 1.42. The number of ketones is 1. The highest BCUT2D eigenvalue weighted by Crippen LogP contribution is 2.43. The fraction of sp³-hybridized carbons (Fsp3) is 0.519. The van der Waals surface area contributed by atoms with Crippen molar-refractivity contribution >= 4 is 5.78 Å². The molecule has 0 radical (unpaired) electrons. The number of Topliss-reactive ketones (excluding diaryl/α,β-unsaturated/α-hetero) is 1. The molecule has 9 N–H and O–H groups in total. The van der Waals surface area contributed by atoms with Crippen molar-refractivity contribution in [1.29, 1.82) is 0 Å². The van der Waals surface area contributed by atoms with Crippen LogP contribution in [0, 0.1) is 0 Å². The molecule has 11 atom stereocenters. The zero-order valence-electron chi connectivity index (χ0n) is 22.1. The number of hydrogen-bond acceptors (Lipinski definition) is 15. The predicted octanol–water partition coefficient (Wildman–Crippen LogP) is -1.46. The van der Waals surface area contributed by atoms with Gasteiger partial charge < -0.3 is 69.6 Å². The second-order valence-electron chi connectivity index (χ2n) is 10.4. The van der Waals surface area contributed by atoms with Gasteiger partial charge in [0.2, 0.25) is 6.29 Å². The standard InChI is InChI=1S/C27H32O15/c1-9-20(33)22(35)24(37)26(38-9)42-25-23(36)21(34)18(8-28)41-27(25)39-11-5-14(31)19-15(32)7-16(40-17(19)6-11)10-2-3-12(29)13(30)4-10/h2-6,9,16,18,20-31,33-37H,7-8H2,1H3/t9-,16+,18-,20-,21-,22-,23+,24-,25-,26-,27-/m0/s1. The quantitative estimate of drug-likeness (QED) is 0.173. The number of carbonyl (C=O) groups is 1. The minimum absolute atomic E-state index is 0.0941. The maximum atomic E-state index is 12.9. The Morgan fingerprint density at radius 2 is 1.57 bits per heavy atom. The zero-order chi connectivity index (χ0) is 30.5. The number of rotatable bonds is 6. The van der Waals surface area contributed by atoms with Crippen LogP contribution < -0.4 is 9.47 Å². The summed E-state index contributed by atoms with van der Waals surface area (Å²) in [5.41, 5.74) is 0.234. The van der Waals surface area contributed by atoms with Gasteiger partial charge in [0.1, 0.15) is 65.5 Å². The van der Waals surface area contributed by atoms with Crippen LogP contribution in [0.5, 0.6) is 28.7 Å². The summed E-state index contributed by atoms with van der Waals surface area (Å²) in [7, 11) is 0. The molecule has 2 aromatic carbocycles. The minimum Gasteiger partial charge on any atom is -0.507 e. The number of ether oxygens (including phenoxy) is 5. The molecule has 5 rings (SSSR count). The van der Waals surface area contributed by atoms with E-state index in [1.54, 1.807) is 0 Å². The van der Waals surface area contributed by atoms with Gasteiger partial charge in [-0.3, -0.25) is 4.79 Å². The molecule has 0 unspecified atom stereocenters. The summed E-state index contributed by atoms with van der Waals surface area (Å²) in [6.07, 6.45) is -16.5. The number of aliphatic hydroxyl groups is 6. The van der Waals surface area contributed by atoms with E-state index in [-0.39, 0.29) is 29.2 Å². The van der Waals surface area contributed by atoms with Gasteiger partial charge in [-0.15, -0.1) is 0 Å². The average molecular weight is 597 g/mol. The lowest BCUT2D eigenvalue weighted by Crippen LogP contribution is -2.64. The molecular formula is C27H32O15. The smallest absolute Gasteiger partial charge is 0.229 e. The van der Waals surface area contributed by atoms with E-state index < -0.39 is 91.4 Å². The molecule has 3 aliphatic heterocycles. The molecular weight excluding hydrogens is 564 g/mol. The van der Waals surface area contributed by atoms with Crippen LogP contribution in [0.4, 0.5) is 0 Å². The highest BCUT2D eigenvalue weighted by atomic mass is 16.8. The first-order valence-corrected chi connectivity index (χ1v) is 13.1. The third kappa shape index (κ3) is 5.58. The maximum Gasteiger partial charge on any atom is 0.229 e. The van der Waals surface area contributed by atoms with Crippen molar-refractivity contribution in [1.82, 2.24) is 0 Å². The molecule has 0 spiro atoms. The van der Waals surface area contributed by atoms with Crippen LogP contribution in [0.25, 0.3) is 0 Å². The number of carbonyl (C=O) groups excluding carboxylic acids is 1. The number of aliphatic hydroxyl groups excluding tert-OH is 6. The number of benzene rings is 2. The molecule has 2 fully saturated rings. The molecule has 230 valence electrons. The molecule has 42 heavy (non-hydrogen) atoms. The number of phenolic OH excluding ortho intramolecular Hbond substituents is 3. The van der Waals surface area contributed by atoms with Crippen molar-refractivity contribution < 1.29 is 74.4 Å². The Labute approximate surface area is 238 Å². The van der Waals surface area contributed by atoms with Crippen LogP contribution in [0.15, 0.2) is 30.3 Å². The van der Waals surface area contributed by atoms with Crippen LogP contribution >= 0.6 is 0 Å². The van der Waals surface area contributed by atoms with Gasteiger partial charge in [-0.25, -0.2) is 0 Å². The normalized spacial score (nSPS) is 36.6. The lowest BCUT2D eigenvalue weighted by atomic mass is 9.95. The third-order valence-corrected chi connectivity index (χ3v) is 7.52. The summed E-state index contributed by atoms with van der Waals surface area (Å²) in [5, 5.41) is 91.6. The third-order valence-electron chi connectivity index (χ3n) is 7.52. The zero-order valence-corrected chi connectivity index (χ0v) is 22.1. The second kappa shape index (κ2) is 11.8. The molecule has 0 bridgehead atoms. The van der Waals surface area contributed by atoms with Crippen molar-refractivity contribution in [2.45, 2.75) is 80.9 Å². The second-order valence-corrected chi connectivity index (χ2v) is 10.4. The number of fused-ring (bicyclic) bond motifs is 1. The summed E-state index contributed by atoms with van der Waals surface area (Å²) in [6.45, 7) is 0.683. The highest BCUT2D eigenvalue weighted by Gasteiger charge is 2.51. The summed E-state index contributed by atoms with van der Waals surface area (Å²) >= 11 is 0. The van der Waals surface area contributed by atoms with Gasteiger partial charge >= 0.3 is 0 Å². The van der Waals surface area contributed by atoms with Crippen LogP contribution in [0.3, 0.4) is 0 Å². The monoisotopic (exact) mass is 596 g/mol. The van der Waals surface area contributed by atoms with Gasteiger partial charge in [0.25, 0.3) is 0 Å². The summed E-state index contributed by atoms with van der Waals surface area (Å²) in [6, 6.07) is 6.25. The van der Waals surface area contributed by atoms with Crippen LogP contribution in [0.1, 0.15) is 35.4 Å². The summed E-state index contributed by atoms with van der Waals surface area (Å²) in [5.74, 6) is -2.02. The Hall–Kier alpha value is -3.25. The van der Waals surface area contributed by atoms with Gasteiger partial charge in [-0.1, -0.05) is 6.07 Å². The largest absolute Gasteiger partial charge is 0.507 e. The van der Waals surface area contributed by atoms with Gasteiger partial charge in [0, 0.05) is 12.1 Å². The molecule has 3 heterocycles. The molecule has 2 aromatic rings. The molecule has 0 aromatic heterocycles. The summed E-state index contributed by atoms with van der Waals surface area (Å²) < 4.78 is 28.4. The van der Waals surface area contributed by atoms with Gasteiger partial charge in [0.05, 0.1) is 19.1 Å². The first-order valence-electron chi connectivity index (χ1n) is 13.1. The fourth-order valence-corrected chi connectivity index (χ4v) is 5.12. The Morgan fingerprint density at radius 3 is 2.26 bits per heavy atom. The van der Waals surface area contributed by atoms with Gasteiger partial charge in [-0.2, -0.15) is 0 Å². The fourth-order valence-electron chi connectivity index (χ4n) is 5.12. The van der Waals surface area contributed by atoms with Crippen molar-refractivity contribution in [2.24, 2.45) is 0 Å². The number of phenols is 3. The van der Waals surface area contributed by atoms with Crippen LogP contribution in [0.2, 0.25) is 0 Å². The Bertz CT molecular complexity index is 1300. The molecule has 15 heteroatoms. The van der Waals surface area contributed by atoms with E-state index in [1.165, 1.54) is 31.2 Å². The van der Waals surface area contributed by atoms with Crippen molar-refractivity contribution in [3.05, 3.63) is 41.5 Å². The maximum absolute atomic E-state index is 12.9. The Kier molecular flexibility index (Phi) is 8.48. The van der Waals surface area contributed by atoms with Crippen molar-refractivity contribution in [2.75, 3.05) is 6.61 Å². The molecule has 0 saturated carbocycles. The lowest BCUT2D eigenvalue weighted by molar-refractivity contribution is -0.354. The first-order chi connectivity index (χ1) is 19.9.